The number of allylic oxidation sites excluding steroid dienone is 1. The summed E-state index contributed by atoms with van der Waals surface area (Å²) < 4.78 is 0. The van der Waals surface area contributed by atoms with Crippen LogP contribution in [0.4, 0.5) is 5.82 Å². The van der Waals surface area contributed by atoms with E-state index in [1.807, 2.05) is 25.1 Å². The molecule has 5 nitrogen and oxygen atoms in total. The van der Waals surface area contributed by atoms with Crippen molar-refractivity contribution in [1.82, 2.24) is 10.2 Å². The molecule has 1 heterocycles. The molecule has 0 unspecified atom stereocenters. The van der Waals surface area contributed by atoms with E-state index in [0.29, 0.717) is 5.92 Å². The Morgan fingerprint density at radius 2 is 1.86 bits per heavy atom. The Morgan fingerprint density at radius 3 is 2.55 bits per heavy atom. The Hall–Kier alpha value is -2.40. The second kappa shape index (κ2) is 7.13. The highest BCUT2D eigenvalue weighted by Gasteiger charge is 2.39. The van der Waals surface area contributed by atoms with Crippen LogP contribution in [0.2, 0.25) is 0 Å². The van der Waals surface area contributed by atoms with Gasteiger partial charge in [-0.05, 0) is 87.5 Å². The molecule has 2 saturated carbocycles. The maximum absolute atomic E-state index is 10.7. The first-order valence-electron chi connectivity index (χ1n) is 10.9. The van der Waals surface area contributed by atoms with Crippen molar-refractivity contribution in [2.75, 3.05) is 5.32 Å². The number of hydrogen-bond acceptors (Lipinski definition) is 5. The largest absolute Gasteiger partial charge is 0.507 e. The number of aliphatic hydroxyl groups is 1. The number of phenols is 1. The molecule has 5 heteroatoms. The monoisotopic (exact) mass is 391 g/mol. The zero-order valence-electron chi connectivity index (χ0n) is 17.0. The van der Waals surface area contributed by atoms with Gasteiger partial charge in [0.1, 0.15) is 11.4 Å². The molecular weight excluding hydrogens is 362 g/mol. The van der Waals surface area contributed by atoms with Gasteiger partial charge in [0.05, 0.1) is 5.60 Å². The maximum Gasteiger partial charge on any atom is 0.152 e. The zero-order chi connectivity index (χ0) is 20.0. The molecule has 0 saturated heterocycles. The lowest BCUT2D eigenvalue weighted by Crippen LogP contribution is -2.48. The molecule has 3 aliphatic rings. The minimum absolute atomic E-state index is 0.252. The van der Waals surface area contributed by atoms with Crippen LogP contribution >= 0.6 is 0 Å². The summed E-state index contributed by atoms with van der Waals surface area (Å²) in [5, 5.41) is 33.2. The lowest BCUT2D eigenvalue weighted by atomic mass is 9.77. The van der Waals surface area contributed by atoms with Crippen molar-refractivity contribution in [3.05, 3.63) is 41.0 Å². The lowest BCUT2D eigenvalue weighted by Gasteiger charge is -2.41. The number of aromatic hydroxyl groups is 1. The standard InChI is InChI=1S/C24H29N3O2/c1-24(29)13-17(14-24)25-23-19-5-3-2-4-18(19)22(26-27-23)20-11-10-16(12-21(20)28)9-8-15-6-7-15/h8-12,15,17,28-29H,2-7,13-14H2,1H3,(H,25,27)/b9-8+. The highest BCUT2D eigenvalue weighted by atomic mass is 16.3. The van der Waals surface area contributed by atoms with E-state index in [1.54, 1.807) is 0 Å². The molecule has 0 bridgehead atoms. The number of anilines is 1. The summed E-state index contributed by atoms with van der Waals surface area (Å²) in [6.45, 7) is 1.88. The number of phenolic OH excluding ortho intramolecular Hbond substituents is 1. The van der Waals surface area contributed by atoms with E-state index in [2.05, 4.69) is 27.7 Å². The van der Waals surface area contributed by atoms with Gasteiger partial charge >= 0.3 is 0 Å². The first kappa shape index (κ1) is 18.6. The summed E-state index contributed by atoms with van der Waals surface area (Å²) in [6.07, 6.45) is 12.6. The minimum Gasteiger partial charge on any atom is -0.507 e. The van der Waals surface area contributed by atoms with Crippen LogP contribution < -0.4 is 5.32 Å². The zero-order valence-corrected chi connectivity index (χ0v) is 17.0. The second-order valence-corrected chi connectivity index (χ2v) is 9.28. The summed E-state index contributed by atoms with van der Waals surface area (Å²) in [4.78, 5) is 0. The van der Waals surface area contributed by atoms with Crippen molar-refractivity contribution in [2.24, 2.45) is 5.92 Å². The molecule has 152 valence electrons. The summed E-state index contributed by atoms with van der Waals surface area (Å²) >= 11 is 0. The molecule has 1 aromatic carbocycles. The molecular formula is C24H29N3O2. The normalized spacial score (nSPS) is 26.2. The van der Waals surface area contributed by atoms with Gasteiger partial charge in [-0.2, -0.15) is 0 Å². The number of aromatic nitrogens is 2. The Labute approximate surface area is 171 Å². The van der Waals surface area contributed by atoms with Crippen molar-refractivity contribution in [3.63, 3.8) is 0 Å². The summed E-state index contributed by atoms with van der Waals surface area (Å²) in [5.74, 6) is 1.84. The number of nitrogens with zero attached hydrogens (tertiary/aromatic N) is 2. The van der Waals surface area contributed by atoms with Gasteiger partial charge in [-0.1, -0.05) is 18.2 Å². The molecule has 3 N–H and O–H groups in total. The van der Waals surface area contributed by atoms with Crippen molar-refractivity contribution < 1.29 is 10.2 Å². The van der Waals surface area contributed by atoms with Crippen LogP contribution in [0.15, 0.2) is 24.3 Å². The molecule has 2 aromatic rings. The number of fused-ring (bicyclic) bond motifs is 1. The third kappa shape index (κ3) is 3.88. The first-order chi connectivity index (χ1) is 14.0. The molecule has 29 heavy (non-hydrogen) atoms. The van der Waals surface area contributed by atoms with Gasteiger partial charge < -0.3 is 15.5 Å². The van der Waals surface area contributed by atoms with Gasteiger partial charge in [0.25, 0.3) is 0 Å². The summed E-state index contributed by atoms with van der Waals surface area (Å²) in [6, 6.07) is 6.10. The van der Waals surface area contributed by atoms with Gasteiger partial charge in [0.2, 0.25) is 0 Å². The van der Waals surface area contributed by atoms with E-state index in [-0.39, 0.29) is 11.8 Å². The van der Waals surface area contributed by atoms with Crippen LogP contribution in [0.1, 0.15) is 62.1 Å². The van der Waals surface area contributed by atoms with Crippen LogP contribution in [0.5, 0.6) is 5.75 Å². The molecule has 0 amide bonds. The topological polar surface area (TPSA) is 78.3 Å². The summed E-state index contributed by atoms with van der Waals surface area (Å²) in [7, 11) is 0. The van der Waals surface area contributed by atoms with Crippen molar-refractivity contribution >= 4 is 11.9 Å². The van der Waals surface area contributed by atoms with Crippen LogP contribution in [0.25, 0.3) is 17.3 Å². The highest BCUT2D eigenvalue weighted by Crippen LogP contribution is 2.39. The fourth-order valence-electron chi connectivity index (χ4n) is 4.67. The lowest BCUT2D eigenvalue weighted by molar-refractivity contribution is -0.0235. The first-order valence-corrected chi connectivity index (χ1v) is 10.9. The smallest absolute Gasteiger partial charge is 0.152 e. The van der Waals surface area contributed by atoms with Crippen molar-refractivity contribution in [2.45, 2.75) is 69.9 Å². The predicted molar refractivity (Wildman–Crippen MR) is 115 cm³/mol. The molecule has 0 aliphatic heterocycles. The fourth-order valence-corrected chi connectivity index (χ4v) is 4.67. The molecule has 0 radical (unpaired) electrons. The third-order valence-corrected chi connectivity index (χ3v) is 6.46. The van der Waals surface area contributed by atoms with Crippen LogP contribution in [-0.4, -0.2) is 32.1 Å². The SMILES string of the molecule is CC1(O)CC(Nc2nnc(-c3ccc(/C=C/C4CC4)cc3O)c3c2CCCC3)C1. The molecule has 2 fully saturated rings. The fraction of sp³-hybridized carbons (Fsp3) is 0.500. The molecule has 0 atom stereocenters. The van der Waals surface area contributed by atoms with E-state index in [9.17, 15) is 10.2 Å². The average molecular weight is 392 g/mol. The Morgan fingerprint density at radius 1 is 1.10 bits per heavy atom. The number of hydrogen-bond donors (Lipinski definition) is 3. The van der Waals surface area contributed by atoms with Crippen LogP contribution in [-0.2, 0) is 12.8 Å². The second-order valence-electron chi connectivity index (χ2n) is 9.28. The molecule has 1 aromatic heterocycles. The maximum atomic E-state index is 10.7. The summed E-state index contributed by atoms with van der Waals surface area (Å²) in [5.41, 5.74) is 4.46. The average Bonchev–Trinajstić information content (AvgIpc) is 3.50. The molecule has 0 spiro atoms. The van der Waals surface area contributed by atoms with Gasteiger partial charge in [0.15, 0.2) is 5.82 Å². The minimum atomic E-state index is -0.563. The number of benzene rings is 1. The highest BCUT2D eigenvalue weighted by molar-refractivity contribution is 5.74. The van der Waals surface area contributed by atoms with Gasteiger partial charge in [0, 0.05) is 17.2 Å². The number of rotatable bonds is 5. The van der Waals surface area contributed by atoms with E-state index in [0.717, 1.165) is 61.2 Å². The quantitative estimate of drug-likeness (QED) is 0.701. The predicted octanol–water partition coefficient (Wildman–Crippen LogP) is 4.48. The third-order valence-electron chi connectivity index (χ3n) is 6.46. The Kier molecular flexibility index (Phi) is 4.58. The van der Waals surface area contributed by atoms with Gasteiger partial charge in [-0.25, -0.2) is 0 Å². The van der Waals surface area contributed by atoms with E-state index >= 15 is 0 Å². The van der Waals surface area contributed by atoms with Crippen LogP contribution in [0, 0.1) is 5.92 Å². The van der Waals surface area contributed by atoms with E-state index < -0.39 is 5.60 Å². The van der Waals surface area contributed by atoms with Gasteiger partial charge in [-0.15, -0.1) is 10.2 Å². The van der Waals surface area contributed by atoms with Crippen molar-refractivity contribution in [3.8, 4) is 17.0 Å². The van der Waals surface area contributed by atoms with E-state index in [1.165, 1.54) is 24.0 Å². The Balaban J connectivity index is 1.44. The molecule has 5 rings (SSSR count). The Bertz CT molecular complexity index is 955. The van der Waals surface area contributed by atoms with E-state index in [4.69, 9.17) is 0 Å². The number of nitrogens with one attached hydrogen (secondary N) is 1. The van der Waals surface area contributed by atoms with Crippen LogP contribution in [0.3, 0.4) is 0 Å². The van der Waals surface area contributed by atoms with Crippen molar-refractivity contribution in [1.29, 1.82) is 0 Å². The molecule has 3 aliphatic carbocycles. The van der Waals surface area contributed by atoms with Gasteiger partial charge in [-0.3, -0.25) is 0 Å².